The van der Waals surface area contributed by atoms with E-state index in [1.807, 2.05) is 45.0 Å². The van der Waals surface area contributed by atoms with Crippen LogP contribution in [-0.2, 0) is 5.72 Å². The maximum Gasteiger partial charge on any atom is 0.332 e. The zero-order valence-corrected chi connectivity index (χ0v) is 19.2. The molecule has 0 spiro atoms. The van der Waals surface area contributed by atoms with E-state index in [-0.39, 0.29) is 6.03 Å². The number of hydrogen-bond acceptors (Lipinski definition) is 2. The number of urea groups is 1. The zero-order chi connectivity index (χ0) is 22.4. The Kier molecular flexibility index (Phi) is 5.50. The fourth-order valence-electron chi connectivity index (χ4n) is 4.43. The van der Waals surface area contributed by atoms with E-state index in [0.29, 0.717) is 33.4 Å². The topological polar surface area (TPSA) is 43.8 Å². The Hall–Kier alpha value is -2.53. The van der Waals surface area contributed by atoms with E-state index < -0.39 is 11.3 Å². The highest BCUT2D eigenvalue weighted by Gasteiger charge is 2.65. The summed E-state index contributed by atoms with van der Waals surface area (Å²) in [6.07, 6.45) is 0.510. The Labute approximate surface area is 192 Å². The fourth-order valence-corrected chi connectivity index (χ4v) is 4.68. The van der Waals surface area contributed by atoms with Crippen LogP contribution in [0.4, 0.5) is 16.2 Å². The van der Waals surface area contributed by atoms with Gasteiger partial charge in [0.1, 0.15) is 0 Å². The van der Waals surface area contributed by atoms with E-state index in [1.54, 1.807) is 53.4 Å². The molecule has 6 heteroatoms. The van der Waals surface area contributed by atoms with Crippen LogP contribution in [0.2, 0.25) is 10.0 Å². The second-order valence-corrected chi connectivity index (χ2v) is 8.95. The van der Waals surface area contributed by atoms with Crippen LogP contribution in [0.3, 0.4) is 0 Å². The van der Waals surface area contributed by atoms with Gasteiger partial charge >= 0.3 is 6.03 Å². The van der Waals surface area contributed by atoms with Gasteiger partial charge < -0.3 is 5.11 Å². The van der Waals surface area contributed by atoms with Crippen molar-refractivity contribution in [3.8, 4) is 0 Å². The summed E-state index contributed by atoms with van der Waals surface area (Å²) in [5.41, 5.74) is 0.286. The molecule has 2 unspecified atom stereocenters. The van der Waals surface area contributed by atoms with Crippen molar-refractivity contribution in [3.63, 3.8) is 0 Å². The summed E-state index contributed by atoms with van der Waals surface area (Å²) in [6.45, 7) is 5.86. The summed E-state index contributed by atoms with van der Waals surface area (Å²) in [4.78, 5) is 17.1. The minimum atomic E-state index is -1.63. The monoisotopic (exact) mass is 454 g/mol. The minimum Gasteiger partial charge on any atom is -0.364 e. The SMILES string of the molecule is CCC1(C)N(c2ccc(Cl)cc2)C(=O)N(c2ccc(Cl)cc2)C1(O)c1cccc(C)c1. The van der Waals surface area contributed by atoms with E-state index in [9.17, 15) is 9.90 Å². The van der Waals surface area contributed by atoms with Gasteiger partial charge in [0.15, 0.2) is 5.72 Å². The molecule has 2 amide bonds. The van der Waals surface area contributed by atoms with Crippen molar-refractivity contribution < 1.29 is 9.90 Å². The van der Waals surface area contributed by atoms with Crippen LogP contribution in [-0.4, -0.2) is 16.7 Å². The van der Waals surface area contributed by atoms with Gasteiger partial charge in [-0.3, -0.25) is 9.80 Å². The summed E-state index contributed by atoms with van der Waals surface area (Å²) >= 11 is 12.2. The lowest BCUT2D eigenvalue weighted by molar-refractivity contribution is -0.0118. The highest BCUT2D eigenvalue weighted by atomic mass is 35.5. The highest BCUT2D eigenvalue weighted by Crippen LogP contribution is 2.52. The number of benzene rings is 3. The van der Waals surface area contributed by atoms with Gasteiger partial charge in [-0.1, -0.05) is 60.0 Å². The number of hydrogen-bond donors (Lipinski definition) is 1. The summed E-state index contributed by atoms with van der Waals surface area (Å²) in [6, 6.07) is 21.4. The lowest BCUT2D eigenvalue weighted by Gasteiger charge is -2.44. The summed E-state index contributed by atoms with van der Waals surface area (Å²) in [5.74, 6) is 0. The Morgan fingerprint density at radius 2 is 1.39 bits per heavy atom. The van der Waals surface area contributed by atoms with Crippen LogP contribution in [0.5, 0.6) is 0 Å². The largest absolute Gasteiger partial charge is 0.364 e. The molecular weight excluding hydrogens is 431 g/mol. The number of halogens is 2. The third-order valence-electron chi connectivity index (χ3n) is 6.23. The molecule has 3 aromatic carbocycles. The Morgan fingerprint density at radius 1 is 0.871 bits per heavy atom. The molecule has 1 aliphatic rings. The first-order valence-corrected chi connectivity index (χ1v) is 10.9. The molecule has 3 aromatic rings. The van der Waals surface area contributed by atoms with Crippen LogP contribution in [0.25, 0.3) is 0 Å². The number of anilines is 2. The van der Waals surface area contributed by atoms with Crippen molar-refractivity contribution in [2.45, 2.75) is 38.5 Å². The first-order chi connectivity index (χ1) is 14.7. The molecule has 4 rings (SSSR count). The number of aliphatic hydroxyl groups is 1. The third kappa shape index (κ3) is 3.30. The third-order valence-corrected chi connectivity index (χ3v) is 6.73. The van der Waals surface area contributed by atoms with Crippen molar-refractivity contribution in [1.29, 1.82) is 0 Å². The zero-order valence-electron chi connectivity index (χ0n) is 17.6. The Morgan fingerprint density at radius 3 is 1.87 bits per heavy atom. The second-order valence-electron chi connectivity index (χ2n) is 8.08. The molecule has 1 heterocycles. The van der Waals surface area contributed by atoms with Crippen LogP contribution >= 0.6 is 23.2 Å². The van der Waals surface area contributed by atoms with E-state index >= 15 is 0 Å². The molecule has 31 heavy (non-hydrogen) atoms. The van der Waals surface area contributed by atoms with Crippen molar-refractivity contribution in [1.82, 2.24) is 0 Å². The van der Waals surface area contributed by atoms with Gasteiger partial charge in [-0.2, -0.15) is 0 Å². The maximum absolute atomic E-state index is 14.0. The van der Waals surface area contributed by atoms with Gasteiger partial charge in [-0.05, 0) is 68.8 Å². The van der Waals surface area contributed by atoms with Gasteiger partial charge in [-0.25, -0.2) is 4.79 Å². The average Bonchev–Trinajstić information content (AvgIpc) is 2.93. The maximum atomic E-state index is 14.0. The molecule has 160 valence electrons. The van der Waals surface area contributed by atoms with Crippen molar-refractivity contribution in [2.75, 3.05) is 9.80 Å². The number of amides is 2. The molecule has 4 nitrogen and oxygen atoms in total. The molecular formula is C25H24Cl2N2O2. The lowest BCUT2D eigenvalue weighted by Crippen LogP contribution is -2.57. The molecule has 0 aromatic heterocycles. The summed E-state index contributed by atoms with van der Waals surface area (Å²) < 4.78 is 0. The number of rotatable bonds is 4. The van der Waals surface area contributed by atoms with Gasteiger partial charge in [-0.15, -0.1) is 0 Å². The molecule has 1 fully saturated rings. The molecule has 0 radical (unpaired) electrons. The van der Waals surface area contributed by atoms with Gasteiger partial charge in [0.2, 0.25) is 0 Å². The molecule has 0 bridgehead atoms. The van der Waals surface area contributed by atoms with Crippen LogP contribution in [0.15, 0.2) is 72.8 Å². The van der Waals surface area contributed by atoms with Crippen molar-refractivity contribution >= 4 is 40.6 Å². The molecule has 1 aliphatic heterocycles. The van der Waals surface area contributed by atoms with Crippen molar-refractivity contribution in [2.24, 2.45) is 0 Å². The fraction of sp³-hybridized carbons (Fsp3) is 0.240. The van der Waals surface area contributed by atoms with E-state index in [0.717, 1.165) is 5.56 Å². The molecule has 1 N–H and O–H groups in total. The lowest BCUT2D eigenvalue weighted by atomic mass is 9.79. The summed E-state index contributed by atoms with van der Waals surface area (Å²) in [5, 5.41) is 13.6. The number of aryl methyl sites for hydroxylation is 1. The number of nitrogens with zero attached hydrogens (tertiary/aromatic N) is 2. The quantitative estimate of drug-likeness (QED) is 0.472. The molecule has 0 saturated carbocycles. The van der Waals surface area contributed by atoms with Crippen LogP contribution in [0, 0.1) is 6.92 Å². The van der Waals surface area contributed by atoms with E-state index in [4.69, 9.17) is 23.2 Å². The van der Waals surface area contributed by atoms with E-state index in [2.05, 4.69) is 0 Å². The second kappa shape index (κ2) is 7.86. The Bertz CT molecular complexity index is 1120. The summed E-state index contributed by atoms with van der Waals surface area (Å²) in [7, 11) is 0. The standard InChI is InChI=1S/C25H24Cl2N2O2/c1-4-24(3)25(31,18-7-5-6-17(2)16-18)29(22-14-10-20(27)11-15-22)23(30)28(24)21-12-8-19(26)9-13-21/h5-16,31H,4H2,1-3H3. The van der Waals surface area contributed by atoms with E-state index in [1.165, 1.54) is 4.90 Å². The predicted octanol–water partition coefficient (Wildman–Crippen LogP) is 6.76. The number of carbonyl (C=O) groups is 1. The van der Waals surface area contributed by atoms with Crippen LogP contribution in [0.1, 0.15) is 31.4 Å². The smallest absolute Gasteiger partial charge is 0.332 e. The van der Waals surface area contributed by atoms with Gasteiger partial charge in [0, 0.05) is 27.0 Å². The first-order valence-electron chi connectivity index (χ1n) is 10.2. The normalized spacial score (nSPS) is 23.5. The van der Waals surface area contributed by atoms with Gasteiger partial charge in [0.25, 0.3) is 0 Å². The Balaban J connectivity index is 2.00. The number of carbonyl (C=O) groups excluding carboxylic acids is 1. The first kappa shape index (κ1) is 21.7. The predicted molar refractivity (Wildman–Crippen MR) is 127 cm³/mol. The average molecular weight is 455 g/mol. The minimum absolute atomic E-state index is 0.321. The highest BCUT2D eigenvalue weighted by molar-refractivity contribution is 6.31. The molecule has 1 saturated heterocycles. The van der Waals surface area contributed by atoms with Gasteiger partial charge in [0.05, 0.1) is 5.54 Å². The molecule has 0 aliphatic carbocycles. The van der Waals surface area contributed by atoms with Crippen LogP contribution < -0.4 is 9.80 Å². The van der Waals surface area contributed by atoms with Crippen molar-refractivity contribution in [3.05, 3.63) is 94.0 Å². The molecule has 2 atom stereocenters.